The predicted octanol–water partition coefficient (Wildman–Crippen LogP) is -1.39. The summed E-state index contributed by atoms with van der Waals surface area (Å²) in [5.41, 5.74) is 0. The molecule has 1 aliphatic rings. The van der Waals surface area contributed by atoms with Crippen molar-refractivity contribution in [2.45, 2.75) is 79.1 Å². The van der Waals surface area contributed by atoms with Crippen molar-refractivity contribution in [3.8, 4) is 0 Å². The number of quaternary nitrogens is 1. The Morgan fingerprint density at radius 2 is 1.41 bits per heavy atom. The van der Waals surface area contributed by atoms with Gasteiger partial charge in [-0.2, -0.15) is 0 Å². The highest BCUT2D eigenvalue weighted by Crippen LogP contribution is 2.31. The highest BCUT2D eigenvalue weighted by Gasteiger charge is 2.53. The number of hydrogen-bond donors (Lipinski definition) is 2. The van der Waals surface area contributed by atoms with Crippen LogP contribution in [-0.2, 0) is 47.2 Å². The molecule has 1 fully saturated rings. The van der Waals surface area contributed by atoms with Crippen LogP contribution in [0.2, 0.25) is 0 Å². The average molecular weight is 511 g/mol. The van der Waals surface area contributed by atoms with Crippen LogP contribution in [0.4, 0.5) is 0 Å². The van der Waals surface area contributed by atoms with Crippen LogP contribution >= 0.6 is 8.25 Å². The molecule has 34 heavy (non-hydrogen) atoms. The normalized spacial score (nSPS) is 24.3. The van der Waals surface area contributed by atoms with Gasteiger partial charge in [-0.1, -0.05) is 0 Å². The first-order chi connectivity index (χ1) is 15.9. The second-order valence-electron chi connectivity index (χ2n) is 7.36. The van der Waals surface area contributed by atoms with Crippen LogP contribution < -0.4 is 15.1 Å². The van der Waals surface area contributed by atoms with Crippen molar-refractivity contribution in [1.82, 2.24) is 5.32 Å². The molecule has 0 aromatic carbocycles. The first kappa shape index (κ1) is 31.8. The smallest absolute Gasteiger partial charge is 0.491 e. The van der Waals surface area contributed by atoms with Crippen LogP contribution in [0.3, 0.4) is 0 Å². The zero-order valence-corrected chi connectivity index (χ0v) is 21.5. The number of rotatable bonds is 10. The molecule has 0 bridgehead atoms. The fourth-order valence-electron chi connectivity index (χ4n) is 3.22. The second kappa shape index (κ2) is 16.4. The Bertz CT molecular complexity index is 696. The lowest BCUT2D eigenvalue weighted by atomic mass is 9.96. The van der Waals surface area contributed by atoms with Crippen LogP contribution in [0, 0.1) is 0 Å². The topological polar surface area (TPSA) is 171 Å². The maximum atomic E-state index is 11.5. The summed E-state index contributed by atoms with van der Waals surface area (Å²) in [6.07, 6.45) is -5.53. The van der Waals surface area contributed by atoms with E-state index in [1.165, 1.54) is 19.6 Å². The zero-order valence-electron chi connectivity index (χ0n) is 20.7. The van der Waals surface area contributed by atoms with Crippen molar-refractivity contribution in [3.63, 3.8) is 0 Å². The van der Waals surface area contributed by atoms with E-state index >= 15 is 0 Å². The van der Waals surface area contributed by atoms with E-state index in [0.717, 1.165) is 27.7 Å². The molecule has 6 atom stereocenters. The molecule has 1 amide bonds. The van der Waals surface area contributed by atoms with Gasteiger partial charge in [-0.05, 0) is 25.3 Å². The molecule has 0 aromatic heterocycles. The van der Waals surface area contributed by atoms with Gasteiger partial charge in [0.15, 0.2) is 12.2 Å². The lowest BCUT2D eigenvalue weighted by Gasteiger charge is -2.43. The first-order valence-corrected chi connectivity index (χ1v) is 12.0. The van der Waals surface area contributed by atoms with Crippen molar-refractivity contribution in [2.24, 2.45) is 0 Å². The minimum absolute atomic E-state index is 0.451. The molecule has 14 heteroatoms. The minimum Gasteiger partial charge on any atom is -0.566 e. The Kier molecular flexibility index (Phi) is 15.4. The number of nitrogens with one attached hydrogen (secondary N) is 2. The number of carbonyl (C=O) groups excluding carboxylic acids is 4. The molecule has 2 N–H and O–H groups in total. The van der Waals surface area contributed by atoms with Gasteiger partial charge in [0.05, 0.1) is 19.6 Å². The third-order valence-corrected chi connectivity index (χ3v) is 5.14. The van der Waals surface area contributed by atoms with Crippen LogP contribution in [0.25, 0.3) is 0 Å². The summed E-state index contributed by atoms with van der Waals surface area (Å²) in [5.74, 6) is -2.87. The molecule has 0 aliphatic carbocycles. The lowest BCUT2D eigenvalue weighted by molar-refractivity contribution is -0.894. The Morgan fingerprint density at radius 1 is 0.912 bits per heavy atom. The minimum atomic E-state index is -3.42. The Hall–Kier alpha value is -2.18. The molecule has 1 aliphatic heterocycles. The summed E-state index contributed by atoms with van der Waals surface area (Å²) < 4.78 is 36.2. The van der Waals surface area contributed by atoms with Gasteiger partial charge >= 0.3 is 26.2 Å². The first-order valence-electron chi connectivity index (χ1n) is 10.9. The largest absolute Gasteiger partial charge is 0.566 e. The van der Waals surface area contributed by atoms with Gasteiger partial charge in [-0.3, -0.25) is 19.2 Å². The van der Waals surface area contributed by atoms with E-state index in [4.69, 9.17) is 18.9 Å². The Balaban J connectivity index is 0.00000135. The van der Waals surface area contributed by atoms with E-state index in [1.54, 1.807) is 4.90 Å². The van der Waals surface area contributed by atoms with Crippen LogP contribution in [-0.4, -0.2) is 80.7 Å². The molecule has 0 radical (unpaired) electrons. The van der Waals surface area contributed by atoms with Crippen molar-refractivity contribution in [1.29, 1.82) is 0 Å². The molecule has 13 nitrogen and oxygen atoms in total. The lowest BCUT2D eigenvalue weighted by Crippen LogP contribution is -3.11. The molecule has 2 unspecified atom stereocenters. The fourth-order valence-corrected chi connectivity index (χ4v) is 3.57. The summed E-state index contributed by atoms with van der Waals surface area (Å²) in [6.45, 7) is 14.4. The highest BCUT2D eigenvalue weighted by molar-refractivity contribution is 7.30. The van der Waals surface area contributed by atoms with Gasteiger partial charge in [-0.25, -0.2) is 0 Å². The van der Waals surface area contributed by atoms with E-state index < -0.39 is 69.3 Å². The van der Waals surface area contributed by atoms with Crippen molar-refractivity contribution >= 4 is 32.1 Å². The summed E-state index contributed by atoms with van der Waals surface area (Å²) in [4.78, 5) is 58.3. The molecular formula is C20H36N2O11P+. The maximum Gasteiger partial charge on any atom is 0.491 e. The second-order valence-corrected chi connectivity index (χ2v) is 8.02. The fraction of sp³-hybridized carbons (Fsp3) is 0.800. The monoisotopic (exact) mass is 511 g/mol. The average Bonchev–Trinajstić information content (AvgIpc) is 2.71. The van der Waals surface area contributed by atoms with Gasteiger partial charge in [0.1, 0.15) is 18.8 Å². The molecule has 1 heterocycles. The van der Waals surface area contributed by atoms with E-state index in [1.807, 2.05) is 0 Å². The third kappa shape index (κ3) is 12.3. The summed E-state index contributed by atoms with van der Waals surface area (Å²) in [5, 5.41) is 2.35. The van der Waals surface area contributed by atoms with Gasteiger partial charge in [0.25, 0.3) is 0 Å². The van der Waals surface area contributed by atoms with Gasteiger partial charge in [-0.15, -0.1) is 4.52 Å². The van der Waals surface area contributed by atoms with Crippen LogP contribution in [0.15, 0.2) is 0 Å². The Morgan fingerprint density at radius 3 is 1.76 bits per heavy atom. The van der Waals surface area contributed by atoms with Gasteiger partial charge in [0.2, 0.25) is 12.2 Å². The van der Waals surface area contributed by atoms with E-state index in [9.17, 15) is 28.6 Å². The van der Waals surface area contributed by atoms with Crippen molar-refractivity contribution in [2.75, 3.05) is 26.2 Å². The highest BCUT2D eigenvalue weighted by atomic mass is 31.1. The van der Waals surface area contributed by atoms with Crippen molar-refractivity contribution in [3.05, 3.63) is 0 Å². The quantitative estimate of drug-likeness (QED) is 0.201. The zero-order chi connectivity index (χ0) is 26.4. The van der Waals surface area contributed by atoms with E-state index in [-0.39, 0.29) is 0 Å². The third-order valence-electron chi connectivity index (χ3n) is 4.76. The summed E-state index contributed by atoms with van der Waals surface area (Å²) in [7, 11) is -3.42. The number of ether oxygens (including phenoxy) is 4. The van der Waals surface area contributed by atoms with Crippen LogP contribution in [0.5, 0.6) is 0 Å². The SMILES string of the molecule is CC(=O)N[C@H]1C(O[P+](=O)[O-])O[C@H](COC(C)=O)[C@@H](OC(C)=O)[C@@H]1OC(C)=O.CC[NH+](CC)CC. The maximum absolute atomic E-state index is 11.5. The molecule has 0 spiro atoms. The van der Waals surface area contributed by atoms with E-state index in [0.29, 0.717) is 0 Å². The number of esters is 3. The standard InChI is InChI=1S/C14H20NO11P.C6H15N/c1-6(16)15-11-13(24-9(4)19)12(23-8(3)18)10(5-22-7(2)17)25-14(11)26-27(20)21;1-4-7(5-2)6-3/h10-14H,5H2,1-4H3,(H,15,16);4-6H2,1-3H3/p+1/t10-,11-,12-,13-,14?;/m1./s1. The van der Waals surface area contributed by atoms with Crippen LogP contribution in [0.1, 0.15) is 48.5 Å². The Labute approximate surface area is 200 Å². The van der Waals surface area contributed by atoms with E-state index in [2.05, 4.69) is 30.6 Å². The summed E-state index contributed by atoms with van der Waals surface area (Å²) >= 11 is 0. The molecule has 1 rings (SSSR count). The van der Waals surface area contributed by atoms with Crippen molar-refractivity contribution < 1.29 is 57.0 Å². The number of amides is 1. The van der Waals surface area contributed by atoms with Gasteiger partial charge in [0, 0.05) is 27.7 Å². The molecular weight excluding hydrogens is 475 g/mol. The van der Waals surface area contributed by atoms with Gasteiger partial charge < -0.3 is 34.1 Å². The molecule has 0 saturated carbocycles. The molecule has 196 valence electrons. The molecule has 0 aromatic rings. The number of carbonyl (C=O) groups is 4. The number of hydrogen-bond acceptors (Lipinski definition) is 11. The summed E-state index contributed by atoms with van der Waals surface area (Å²) in [6, 6.07) is -1.32. The molecule has 1 saturated heterocycles. The predicted molar refractivity (Wildman–Crippen MR) is 115 cm³/mol.